The zero-order valence-corrected chi connectivity index (χ0v) is 20.5. The van der Waals surface area contributed by atoms with Crippen LogP contribution in [0.15, 0.2) is 11.6 Å². The van der Waals surface area contributed by atoms with Crippen molar-refractivity contribution in [2.75, 3.05) is 13.2 Å². The summed E-state index contributed by atoms with van der Waals surface area (Å²) in [5.41, 5.74) is -3.50. The summed E-state index contributed by atoms with van der Waals surface area (Å²) in [6.07, 6.45) is -2.40. The van der Waals surface area contributed by atoms with Crippen molar-refractivity contribution in [3.05, 3.63) is 11.6 Å². The lowest BCUT2D eigenvalue weighted by molar-refractivity contribution is -0.241. The van der Waals surface area contributed by atoms with E-state index in [9.17, 15) is 24.6 Å². The first-order valence-electron chi connectivity index (χ1n) is 11.6. The molecule has 2 aliphatic carbocycles. The van der Waals surface area contributed by atoms with E-state index in [1.807, 2.05) is 19.9 Å². The van der Waals surface area contributed by atoms with Crippen molar-refractivity contribution in [2.45, 2.75) is 96.1 Å². The highest BCUT2D eigenvalue weighted by molar-refractivity contribution is 5.71. The number of hydrogen-bond donors (Lipinski definition) is 2. The highest BCUT2D eigenvalue weighted by Crippen LogP contribution is 2.72. The van der Waals surface area contributed by atoms with Gasteiger partial charge >= 0.3 is 17.9 Å². The molecule has 0 aromatic heterocycles. The van der Waals surface area contributed by atoms with Gasteiger partial charge in [-0.3, -0.25) is 14.4 Å². The predicted octanol–water partition coefficient (Wildman–Crippen LogP) is 0.808. The minimum atomic E-state index is -1.24. The molecule has 0 radical (unpaired) electrons. The first-order valence-corrected chi connectivity index (χ1v) is 11.6. The van der Waals surface area contributed by atoms with E-state index in [2.05, 4.69) is 0 Å². The van der Waals surface area contributed by atoms with Gasteiger partial charge in [-0.2, -0.15) is 0 Å². The Morgan fingerprint density at radius 1 is 1.21 bits per heavy atom. The normalized spacial score (nSPS) is 42.5. The van der Waals surface area contributed by atoms with Crippen molar-refractivity contribution < 1.29 is 48.3 Å². The van der Waals surface area contributed by atoms with Crippen molar-refractivity contribution in [3.8, 4) is 0 Å². The Labute approximate surface area is 198 Å². The number of carbonyl (C=O) groups excluding carboxylic acids is 3. The Balaban J connectivity index is 1.78. The first kappa shape index (κ1) is 25.1. The van der Waals surface area contributed by atoms with Crippen LogP contribution in [0.2, 0.25) is 0 Å². The van der Waals surface area contributed by atoms with Crippen molar-refractivity contribution in [3.63, 3.8) is 0 Å². The fourth-order valence-corrected chi connectivity index (χ4v) is 6.27. The van der Waals surface area contributed by atoms with Gasteiger partial charge in [0.1, 0.15) is 36.6 Å². The molecule has 4 rings (SSSR count). The molecule has 4 aliphatic rings. The zero-order valence-electron chi connectivity index (χ0n) is 20.5. The minimum absolute atomic E-state index is 0.116. The predicted molar refractivity (Wildman–Crippen MR) is 115 cm³/mol. The van der Waals surface area contributed by atoms with Crippen molar-refractivity contribution in [1.29, 1.82) is 0 Å². The van der Waals surface area contributed by atoms with E-state index >= 15 is 0 Å². The molecule has 0 aromatic carbocycles. The van der Waals surface area contributed by atoms with Crippen LogP contribution in [0, 0.1) is 10.8 Å². The smallest absolute Gasteiger partial charge is 0.309 e. The molecular weight excluding hydrogens is 448 g/mol. The molecule has 8 atom stereocenters. The second-order valence-corrected chi connectivity index (χ2v) is 10.9. The average molecular weight is 483 g/mol. The van der Waals surface area contributed by atoms with Gasteiger partial charge in [0.25, 0.3) is 0 Å². The fourth-order valence-electron chi connectivity index (χ4n) is 6.27. The molecule has 190 valence electrons. The average Bonchev–Trinajstić information content (AvgIpc) is 3.47. The van der Waals surface area contributed by atoms with Gasteiger partial charge in [-0.1, -0.05) is 13.0 Å². The lowest BCUT2D eigenvalue weighted by Gasteiger charge is -2.58. The maximum Gasteiger partial charge on any atom is 0.309 e. The van der Waals surface area contributed by atoms with Gasteiger partial charge in [0, 0.05) is 20.3 Å². The summed E-state index contributed by atoms with van der Waals surface area (Å²) in [5.74, 6) is -1.65. The van der Waals surface area contributed by atoms with Crippen molar-refractivity contribution in [2.24, 2.45) is 10.8 Å². The van der Waals surface area contributed by atoms with Crippen LogP contribution in [0.5, 0.6) is 0 Å². The zero-order chi connectivity index (χ0) is 25.3. The van der Waals surface area contributed by atoms with Gasteiger partial charge in [0.15, 0.2) is 0 Å². The number of hydrogen-bond acceptors (Lipinski definition) is 10. The van der Waals surface area contributed by atoms with Crippen LogP contribution in [0.3, 0.4) is 0 Å². The molecule has 1 saturated carbocycles. The van der Waals surface area contributed by atoms with Gasteiger partial charge in [0.2, 0.25) is 0 Å². The quantitative estimate of drug-likeness (QED) is 0.242. The molecule has 34 heavy (non-hydrogen) atoms. The maximum atomic E-state index is 12.6. The molecule has 0 aromatic rings. The lowest BCUT2D eigenvalue weighted by Crippen LogP contribution is -2.68. The van der Waals surface area contributed by atoms with Crippen LogP contribution in [0.4, 0.5) is 0 Å². The molecule has 2 N–H and O–H groups in total. The van der Waals surface area contributed by atoms with Gasteiger partial charge in [-0.25, -0.2) is 0 Å². The third kappa shape index (κ3) is 3.66. The Bertz CT molecular complexity index is 915. The fraction of sp³-hybridized carbons (Fsp3) is 0.792. The monoisotopic (exact) mass is 482 g/mol. The largest absolute Gasteiger partial charge is 0.465 e. The third-order valence-electron chi connectivity index (χ3n) is 8.00. The van der Waals surface area contributed by atoms with Crippen molar-refractivity contribution >= 4 is 17.9 Å². The van der Waals surface area contributed by atoms with Crippen LogP contribution in [0.1, 0.15) is 54.4 Å². The highest BCUT2D eigenvalue weighted by atomic mass is 16.7. The second kappa shape index (κ2) is 8.01. The molecule has 0 amide bonds. The number of carbonyl (C=O) groups is 3. The molecule has 10 nitrogen and oxygen atoms in total. The van der Waals surface area contributed by atoms with E-state index in [0.717, 1.165) is 5.57 Å². The van der Waals surface area contributed by atoms with Gasteiger partial charge < -0.3 is 33.9 Å². The number of rotatable bonds is 6. The summed E-state index contributed by atoms with van der Waals surface area (Å²) in [6.45, 7) is 9.43. The Kier molecular flexibility index (Phi) is 5.91. The SMILES string of the molecule is CC(=O)OC[C@]12C[C@H](OC(=O)CC(C)(C)O)C(C)=C[C@H]1O[C@@H]1[C@H](O)[C@@H](OC(C)=O)[C@@]2(C)C12CO2. The van der Waals surface area contributed by atoms with E-state index in [-0.39, 0.29) is 26.1 Å². The number of esters is 3. The molecular formula is C24H34O10. The van der Waals surface area contributed by atoms with E-state index in [1.165, 1.54) is 27.7 Å². The van der Waals surface area contributed by atoms with E-state index in [4.69, 9.17) is 23.7 Å². The van der Waals surface area contributed by atoms with Crippen LogP contribution >= 0.6 is 0 Å². The third-order valence-corrected chi connectivity index (χ3v) is 8.00. The second-order valence-electron chi connectivity index (χ2n) is 10.9. The molecule has 3 fully saturated rings. The summed E-state index contributed by atoms with van der Waals surface area (Å²) in [7, 11) is 0. The summed E-state index contributed by atoms with van der Waals surface area (Å²) in [4.78, 5) is 36.5. The van der Waals surface area contributed by atoms with Gasteiger partial charge in [0.05, 0.1) is 35.6 Å². The summed E-state index contributed by atoms with van der Waals surface area (Å²) in [5, 5.41) is 21.2. The van der Waals surface area contributed by atoms with Crippen molar-refractivity contribution in [1.82, 2.24) is 0 Å². The molecule has 2 heterocycles. The Morgan fingerprint density at radius 3 is 2.38 bits per heavy atom. The number of fused-ring (bicyclic) bond motifs is 2. The van der Waals surface area contributed by atoms with Gasteiger partial charge in [-0.05, 0) is 26.3 Å². The van der Waals surface area contributed by atoms with Crippen LogP contribution in [-0.2, 0) is 38.1 Å². The molecule has 1 spiro atoms. The molecule has 1 unspecified atom stereocenters. The van der Waals surface area contributed by atoms with E-state index < -0.39 is 70.5 Å². The molecule has 10 heteroatoms. The molecule has 2 bridgehead atoms. The minimum Gasteiger partial charge on any atom is -0.465 e. The van der Waals surface area contributed by atoms with E-state index in [1.54, 1.807) is 0 Å². The van der Waals surface area contributed by atoms with Crippen LogP contribution in [-0.4, -0.2) is 83.1 Å². The standard InChI is InChI=1S/C24H34O10/c1-12-7-16-23(10-30-13(2)25,8-15(12)33-17(27)9-21(4,5)29)22(6)19(32-14(3)26)18(28)20(34-16)24(22)11-31-24/h7,15-16,18-20,28-29H,8-11H2,1-6H3/t15-,16+,18+,19+,20+,22+,23+,24?/m0/s1. The van der Waals surface area contributed by atoms with E-state index in [0.29, 0.717) is 0 Å². The van der Waals surface area contributed by atoms with Crippen LogP contribution in [0.25, 0.3) is 0 Å². The molecule has 2 aliphatic heterocycles. The summed E-state index contributed by atoms with van der Waals surface area (Å²) < 4.78 is 29.2. The Hall–Kier alpha value is -2.01. The molecule has 2 saturated heterocycles. The number of ether oxygens (including phenoxy) is 5. The maximum absolute atomic E-state index is 12.6. The number of aliphatic hydroxyl groups excluding tert-OH is 1. The summed E-state index contributed by atoms with van der Waals surface area (Å²) >= 11 is 0. The highest BCUT2D eigenvalue weighted by Gasteiger charge is 2.86. The lowest BCUT2D eigenvalue weighted by atomic mass is 9.51. The number of aliphatic hydroxyl groups is 2. The Morgan fingerprint density at radius 2 is 1.85 bits per heavy atom. The first-order chi connectivity index (χ1) is 15.7. The van der Waals surface area contributed by atoms with Crippen LogP contribution < -0.4 is 0 Å². The topological polar surface area (TPSA) is 141 Å². The number of epoxide rings is 1. The van der Waals surface area contributed by atoms with Gasteiger partial charge in [-0.15, -0.1) is 0 Å². The summed E-state index contributed by atoms with van der Waals surface area (Å²) in [6, 6.07) is 0.